The number of hydrogen-bond acceptors (Lipinski definition) is 5. The van der Waals surface area contributed by atoms with Gasteiger partial charge in [0, 0.05) is 23.7 Å². The molecule has 6 nitrogen and oxygen atoms in total. The Morgan fingerprint density at radius 3 is 2.46 bits per heavy atom. The van der Waals surface area contributed by atoms with Crippen LogP contribution in [0.2, 0.25) is 0 Å². The van der Waals surface area contributed by atoms with Gasteiger partial charge in [-0.05, 0) is 46.0 Å². The zero-order chi connectivity index (χ0) is 20.5. The third-order valence-electron chi connectivity index (χ3n) is 4.16. The zero-order valence-electron chi connectivity index (χ0n) is 17.1. The first-order chi connectivity index (χ1) is 13.2. The number of ether oxygens (including phenoxy) is 1. The van der Waals surface area contributed by atoms with Crippen LogP contribution < -0.4 is 0 Å². The molecule has 3 aromatic rings. The molecular weight excluding hydrogens is 371 g/mol. The number of carbonyl (C=O) groups is 1. The maximum absolute atomic E-state index is 12.7. The predicted molar refractivity (Wildman–Crippen MR) is 116 cm³/mol. The fourth-order valence-electron chi connectivity index (χ4n) is 2.95. The summed E-state index contributed by atoms with van der Waals surface area (Å²) < 4.78 is 6.80. The van der Waals surface area contributed by atoms with Crippen LogP contribution in [0.3, 0.4) is 0 Å². The highest BCUT2D eigenvalue weighted by molar-refractivity contribution is 7.58. The van der Waals surface area contributed by atoms with Crippen LogP contribution in [0.15, 0.2) is 41.5 Å². The molecule has 0 saturated carbocycles. The van der Waals surface area contributed by atoms with Crippen molar-refractivity contribution in [2.24, 2.45) is 4.99 Å². The number of aryl methyl sites for hydroxylation is 1. The zero-order valence-corrected chi connectivity index (χ0v) is 18.1. The SMILES string of the molecule is CN=C(PC)c1ccc(-c2nn(C(=O)OC(C)(C)C)c3cnc(C)cc23)cc1. The first-order valence-electron chi connectivity index (χ1n) is 9.07. The summed E-state index contributed by atoms with van der Waals surface area (Å²) >= 11 is 0. The molecule has 146 valence electrons. The summed E-state index contributed by atoms with van der Waals surface area (Å²) in [6.07, 6.45) is 1.15. The minimum absolute atomic E-state index is 0.515. The average molecular weight is 396 g/mol. The van der Waals surface area contributed by atoms with Gasteiger partial charge in [0.1, 0.15) is 11.3 Å². The molecule has 0 aliphatic rings. The average Bonchev–Trinajstić information content (AvgIpc) is 3.01. The van der Waals surface area contributed by atoms with Gasteiger partial charge in [-0.15, -0.1) is 0 Å². The second-order valence-electron chi connectivity index (χ2n) is 7.48. The lowest BCUT2D eigenvalue weighted by molar-refractivity contribution is 0.0523. The summed E-state index contributed by atoms with van der Waals surface area (Å²) in [6, 6.07) is 10.1. The lowest BCUT2D eigenvalue weighted by atomic mass is 10.1. The van der Waals surface area contributed by atoms with Crippen molar-refractivity contribution in [2.75, 3.05) is 13.7 Å². The van der Waals surface area contributed by atoms with E-state index in [0.29, 0.717) is 14.1 Å². The van der Waals surface area contributed by atoms with Gasteiger partial charge in [0.25, 0.3) is 0 Å². The fourth-order valence-corrected chi connectivity index (χ4v) is 3.63. The second kappa shape index (κ2) is 7.80. The molecular formula is C21H25N4O2P. The Hall–Kier alpha value is -2.59. The van der Waals surface area contributed by atoms with Gasteiger partial charge in [0.2, 0.25) is 0 Å². The van der Waals surface area contributed by atoms with E-state index in [1.54, 1.807) is 6.20 Å². The van der Waals surface area contributed by atoms with Gasteiger partial charge in [-0.3, -0.25) is 9.98 Å². The number of carbonyl (C=O) groups excluding carboxylic acids is 1. The van der Waals surface area contributed by atoms with E-state index >= 15 is 0 Å². The molecule has 0 spiro atoms. The molecule has 7 heteroatoms. The molecule has 0 bridgehead atoms. The molecule has 1 aromatic carbocycles. The van der Waals surface area contributed by atoms with Crippen molar-refractivity contribution in [1.29, 1.82) is 0 Å². The van der Waals surface area contributed by atoms with E-state index < -0.39 is 11.7 Å². The smallest absolute Gasteiger partial charge is 0.435 e. The maximum Gasteiger partial charge on any atom is 0.435 e. The van der Waals surface area contributed by atoms with E-state index in [2.05, 4.69) is 21.7 Å². The molecule has 0 radical (unpaired) electrons. The van der Waals surface area contributed by atoms with Crippen molar-refractivity contribution >= 4 is 31.0 Å². The van der Waals surface area contributed by atoms with Gasteiger partial charge < -0.3 is 4.74 Å². The fraction of sp³-hybridized carbons (Fsp3) is 0.333. The minimum atomic E-state index is -0.605. The van der Waals surface area contributed by atoms with Gasteiger partial charge in [-0.25, -0.2) is 4.79 Å². The quantitative estimate of drug-likeness (QED) is 0.468. The molecule has 0 aliphatic carbocycles. The molecule has 28 heavy (non-hydrogen) atoms. The number of nitrogens with zero attached hydrogens (tertiary/aromatic N) is 4. The Morgan fingerprint density at radius 1 is 1.21 bits per heavy atom. The lowest BCUT2D eigenvalue weighted by Gasteiger charge is -2.19. The van der Waals surface area contributed by atoms with Crippen molar-refractivity contribution < 1.29 is 9.53 Å². The van der Waals surface area contributed by atoms with Crippen LogP contribution >= 0.6 is 8.58 Å². The van der Waals surface area contributed by atoms with Gasteiger partial charge in [-0.1, -0.05) is 32.8 Å². The Morgan fingerprint density at radius 2 is 1.89 bits per heavy atom. The number of pyridine rings is 1. The summed E-state index contributed by atoms with van der Waals surface area (Å²) in [6.45, 7) is 9.53. The molecule has 1 unspecified atom stereocenters. The molecule has 0 aliphatic heterocycles. The van der Waals surface area contributed by atoms with Crippen LogP contribution in [0.5, 0.6) is 0 Å². The number of rotatable bonds is 3. The van der Waals surface area contributed by atoms with Gasteiger partial charge in [0.05, 0.1) is 17.2 Å². The topological polar surface area (TPSA) is 69.4 Å². The summed E-state index contributed by atoms with van der Waals surface area (Å²) in [4.78, 5) is 21.3. The normalized spacial score (nSPS) is 12.9. The third-order valence-corrected chi connectivity index (χ3v) is 5.15. The summed E-state index contributed by atoms with van der Waals surface area (Å²) in [7, 11) is 2.44. The summed E-state index contributed by atoms with van der Waals surface area (Å²) in [5, 5.41) is 5.44. The second-order valence-corrected chi connectivity index (χ2v) is 8.46. The Bertz CT molecular complexity index is 1050. The summed E-state index contributed by atoms with van der Waals surface area (Å²) in [5.41, 5.74) is 4.72. The van der Waals surface area contributed by atoms with Crippen LogP contribution in [0.1, 0.15) is 32.0 Å². The number of hydrogen-bond donors (Lipinski definition) is 0. The molecule has 2 heterocycles. The van der Waals surface area contributed by atoms with E-state index in [1.165, 1.54) is 4.68 Å². The number of aromatic nitrogens is 3. The van der Waals surface area contributed by atoms with E-state index in [-0.39, 0.29) is 0 Å². The van der Waals surface area contributed by atoms with Crippen molar-refractivity contribution in [3.05, 3.63) is 47.8 Å². The largest absolute Gasteiger partial charge is 0.442 e. The maximum atomic E-state index is 12.7. The highest BCUT2D eigenvalue weighted by Crippen LogP contribution is 2.29. The number of aliphatic imine (C=N–C) groups is 1. The standard InChI is InChI=1S/C21H25N4O2P/c1-13-11-16-17(12-23-13)25(20(26)27-21(2,3)4)24-18(16)14-7-9-15(10-8-14)19(22-5)28-6/h7-12,28H,1-6H3. The number of fused-ring (bicyclic) bond motifs is 1. The molecule has 3 rings (SSSR count). The lowest BCUT2D eigenvalue weighted by Crippen LogP contribution is -2.27. The molecule has 0 saturated heterocycles. The number of benzene rings is 1. The summed E-state index contributed by atoms with van der Waals surface area (Å²) in [5.74, 6) is 0. The van der Waals surface area contributed by atoms with Crippen molar-refractivity contribution in [2.45, 2.75) is 33.3 Å². The Balaban J connectivity index is 2.11. The van der Waals surface area contributed by atoms with E-state index in [1.807, 2.05) is 65.1 Å². The monoisotopic (exact) mass is 396 g/mol. The van der Waals surface area contributed by atoms with E-state index in [9.17, 15) is 4.79 Å². The van der Waals surface area contributed by atoms with Crippen LogP contribution in [-0.4, -0.2) is 45.6 Å². The van der Waals surface area contributed by atoms with Crippen LogP contribution in [0, 0.1) is 6.92 Å². The van der Waals surface area contributed by atoms with E-state index in [0.717, 1.165) is 33.4 Å². The van der Waals surface area contributed by atoms with Crippen molar-refractivity contribution in [3.8, 4) is 11.3 Å². The third kappa shape index (κ3) is 4.12. The Kier molecular flexibility index (Phi) is 5.61. The van der Waals surface area contributed by atoms with Gasteiger partial charge in [-0.2, -0.15) is 9.78 Å². The van der Waals surface area contributed by atoms with Gasteiger partial charge in [0.15, 0.2) is 0 Å². The first kappa shape index (κ1) is 20.2. The van der Waals surface area contributed by atoms with Gasteiger partial charge >= 0.3 is 6.09 Å². The highest BCUT2D eigenvalue weighted by Gasteiger charge is 2.23. The molecule has 1 atom stereocenters. The first-order valence-corrected chi connectivity index (χ1v) is 10.6. The molecule has 0 fully saturated rings. The molecule has 0 N–H and O–H groups in total. The Labute approximate surface area is 166 Å². The predicted octanol–water partition coefficient (Wildman–Crippen LogP) is 4.87. The van der Waals surface area contributed by atoms with Crippen LogP contribution in [0.4, 0.5) is 4.79 Å². The van der Waals surface area contributed by atoms with Crippen molar-refractivity contribution in [1.82, 2.24) is 14.8 Å². The minimum Gasteiger partial charge on any atom is -0.442 e. The molecule has 2 aromatic heterocycles. The van der Waals surface area contributed by atoms with E-state index in [4.69, 9.17) is 4.74 Å². The van der Waals surface area contributed by atoms with Crippen LogP contribution in [-0.2, 0) is 4.74 Å². The van der Waals surface area contributed by atoms with Crippen LogP contribution in [0.25, 0.3) is 22.2 Å². The molecule has 0 amide bonds. The highest BCUT2D eigenvalue weighted by atomic mass is 31.1. The van der Waals surface area contributed by atoms with Crippen molar-refractivity contribution in [3.63, 3.8) is 0 Å².